The average Bonchev–Trinajstić information content (AvgIpc) is 2.43. The molecule has 2 nitrogen and oxygen atoms in total. The summed E-state index contributed by atoms with van der Waals surface area (Å²) in [5.41, 5.74) is -0.0707. The molecule has 0 spiro atoms. The Balaban J connectivity index is 2.74. The Hall–Kier alpha value is -0.710. The summed E-state index contributed by atoms with van der Waals surface area (Å²) in [5, 5.41) is 8.75. The summed E-state index contributed by atoms with van der Waals surface area (Å²) in [4.78, 5) is 10.8. The van der Waals surface area contributed by atoms with Gasteiger partial charge in [-0.15, -0.1) is 0 Å². The van der Waals surface area contributed by atoms with E-state index in [-0.39, 0.29) is 36.2 Å². The Morgan fingerprint density at radius 3 is 1.81 bits per heavy atom. The summed E-state index contributed by atoms with van der Waals surface area (Å²) in [5.74, 6) is -2.32. The summed E-state index contributed by atoms with van der Waals surface area (Å²) >= 11 is 29.9. The molecule has 8 heteroatoms. The van der Waals surface area contributed by atoms with E-state index in [9.17, 15) is 9.18 Å². The molecule has 0 heterocycles. The second kappa shape index (κ2) is 6.19. The van der Waals surface area contributed by atoms with Crippen molar-refractivity contribution < 1.29 is 14.3 Å². The molecule has 0 saturated carbocycles. The lowest BCUT2D eigenvalue weighted by Gasteiger charge is -2.13. The van der Waals surface area contributed by atoms with Crippen molar-refractivity contribution in [2.75, 3.05) is 0 Å². The van der Waals surface area contributed by atoms with E-state index in [4.69, 9.17) is 63.1 Å². The van der Waals surface area contributed by atoms with Crippen molar-refractivity contribution in [2.45, 2.75) is 0 Å². The molecule has 2 aromatic carbocycles. The third kappa shape index (κ3) is 2.94. The van der Waals surface area contributed by atoms with Gasteiger partial charge in [-0.05, 0) is 17.7 Å². The highest BCUT2D eigenvalue weighted by molar-refractivity contribution is 6.56. The van der Waals surface area contributed by atoms with Crippen molar-refractivity contribution in [3.63, 3.8) is 0 Å². The molecule has 110 valence electrons. The van der Waals surface area contributed by atoms with Gasteiger partial charge in [0.05, 0.1) is 30.7 Å². The molecule has 0 aliphatic heterocycles. The van der Waals surface area contributed by atoms with Gasteiger partial charge in [0.2, 0.25) is 0 Å². The van der Waals surface area contributed by atoms with Gasteiger partial charge in [-0.2, -0.15) is 0 Å². The van der Waals surface area contributed by atoms with E-state index in [0.29, 0.717) is 0 Å². The van der Waals surface area contributed by atoms with Crippen LogP contribution < -0.4 is 0 Å². The Labute approximate surface area is 143 Å². The first-order valence-corrected chi connectivity index (χ1v) is 7.19. The maximum atomic E-state index is 13.8. The van der Waals surface area contributed by atoms with Crippen molar-refractivity contribution in [3.05, 3.63) is 54.7 Å². The highest BCUT2D eigenvalue weighted by atomic mass is 35.5. The van der Waals surface area contributed by atoms with E-state index < -0.39 is 17.3 Å². The molecule has 0 aliphatic rings. The zero-order valence-electron chi connectivity index (χ0n) is 9.86. The van der Waals surface area contributed by atoms with E-state index >= 15 is 0 Å². The van der Waals surface area contributed by atoms with Crippen molar-refractivity contribution in [1.82, 2.24) is 0 Å². The van der Waals surface area contributed by atoms with Gasteiger partial charge in [0.25, 0.3) is 0 Å². The number of aromatic carboxylic acids is 1. The zero-order valence-corrected chi connectivity index (χ0v) is 13.6. The van der Waals surface area contributed by atoms with E-state index in [1.807, 2.05) is 0 Å². The molecular formula is C13H4Cl5FO2. The van der Waals surface area contributed by atoms with Gasteiger partial charge in [0.15, 0.2) is 0 Å². The highest BCUT2D eigenvalue weighted by Gasteiger charge is 2.21. The molecule has 0 fully saturated rings. The number of benzene rings is 2. The number of hydrogen-bond donors (Lipinski definition) is 1. The molecular weight excluding hydrogens is 384 g/mol. The van der Waals surface area contributed by atoms with Crippen LogP contribution in [0.15, 0.2) is 18.2 Å². The van der Waals surface area contributed by atoms with Crippen molar-refractivity contribution in [2.24, 2.45) is 0 Å². The first-order valence-electron chi connectivity index (χ1n) is 5.30. The fourth-order valence-corrected chi connectivity index (χ4v) is 3.06. The monoisotopic (exact) mass is 386 g/mol. The minimum absolute atomic E-state index is 0.00135. The van der Waals surface area contributed by atoms with Gasteiger partial charge >= 0.3 is 5.97 Å². The molecule has 0 radical (unpaired) electrons. The molecule has 1 N–H and O–H groups in total. The fraction of sp³-hybridized carbons (Fsp3) is 0. The number of rotatable bonds is 2. The van der Waals surface area contributed by atoms with Gasteiger partial charge in [-0.25, -0.2) is 9.18 Å². The molecule has 0 aromatic heterocycles. The van der Waals surface area contributed by atoms with Crippen LogP contribution in [0.3, 0.4) is 0 Å². The lowest BCUT2D eigenvalue weighted by atomic mass is 10.0. The van der Waals surface area contributed by atoms with Gasteiger partial charge in [-0.1, -0.05) is 64.1 Å². The zero-order chi connectivity index (χ0) is 15.9. The summed E-state index contributed by atoms with van der Waals surface area (Å²) < 4.78 is 13.8. The van der Waals surface area contributed by atoms with Crippen LogP contribution in [-0.2, 0) is 0 Å². The van der Waals surface area contributed by atoms with Crippen molar-refractivity contribution >= 4 is 64.0 Å². The van der Waals surface area contributed by atoms with Gasteiger partial charge in [0, 0.05) is 5.56 Å². The molecule has 21 heavy (non-hydrogen) atoms. The normalized spacial score (nSPS) is 10.8. The fourth-order valence-electron chi connectivity index (χ4n) is 1.70. The van der Waals surface area contributed by atoms with Crippen LogP contribution in [0.5, 0.6) is 0 Å². The second-order valence-electron chi connectivity index (χ2n) is 3.94. The molecule has 0 atom stereocenters. The first-order chi connectivity index (χ1) is 9.75. The number of carbonyl (C=O) groups is 1. The number of hydrogen-bond acceptors (Lipinski definition) is 1. The molecule has 0 aliphatic carbocycles. The minimum Gasteiger partial charge on any atom is -0.478 e. The predicted octanol–water partition coefficient (Wildman–Crippen LogP) is 6.46. The third-order valence-corrected chi connectivity index (χ3v) is 4.97. The van der Waals surface area contributed by atoms with Crippen LogP contribution in [0, 0.1) is 5.82 Å². The Morgan fingerprint density at radius 2 is 1.38 bits per heavy atom. The van der Waals surface area contributed by atoms with E-state index in [0.717, 1.165) is 12.1 Å². The topological polar surface area (TPSA) is 37.3 Å². The lowest BCUT2D eigenvalue weighted by Crippen LogP contribution is -2.00. The van der Waals surface area contributed by atoms with E-state index in [1.165, 1.54) is 6.07 Å². The summed E-state index contributed by atoms with van der Waals surface area (Å²) in [6.45, 7) is 0. The van der Waals surface area contributed by atoms with Gasteiger partial charge in [0.1, 0.15) is 5.82 Å². The van der Waals surface area contributed by atoms with Crippen LogP contribution in [0.1, 0.15) is 10.4 Å². The number of carboxylic acids is 1. The predicted molar refractivity (Wildman–Crippen MR) is 83.8 cm³/mol. The summed E-state index contributed by atoms with van der Waals surface area (Å²) in [6.07, 6.45) is 0. The molecule has 2 rings (SSSR count). The number of halogens is 6. The second-order valence-corrected chi connectivity index (χ2v) is 5.83. The van der Waals surface area contributed by atoms with Crippen molar-refractivity contribution in [1.29, 1.82) is 0 Å². The molecule has 0 saturated heterocycles. The minimum atomic E-state index is -1.39. The standard InChI is InChI=1S/C13H4Cl5FO2/c14-8-7(9(15)11(17)12(18)10(8)16)4-1-2-5(13(20)21)6(19)3-4/h1-3H,(H,20,21). The molecule has 0 amide bonds. The third-order valence-electron chi connectivity index (χ3n) is 2.70. The summed E-state index contributed by atoms with van der Waals surface area (Å²) in [6, 6.07) is 3.42. The Bertz CT molecular complexity index is 732. The highest BCUT2D eigenvalue weighted by Crippen LogP contribution is 2.48. The maximum absolute atomic E-state index is 13.8. The van der Waals surface area contributed by atoms with Crippen LogP contribution in [-0.4, -0.2) is 11.1 Å². The Kier molecular flexibility index (Phi) is 4.91. The Morgan fingerprint density at radius 1 is 0.905 bits per heavy atom. The van der Waals surface area contributed by atoms with Crippen LogP contribution in [0.25, 0.3) is 11.1 Å². The maximum Gasteiger partial charge on any atom is 0.338 e. The van der Waals surface area contributed by atoms with Crippen LogP contribution >= 0.6 is 58.0 Å². The van der Waals surface area contributed by atoms with Crippen LogP contribution in [0.4, 0.5) is 4.39 Å². The SMILES string of the molecule is O=C(O)c1ccc(-c2c(Cl)c(Cl)c(Cl)c(Cl)c2Cl)cc1F. The van der Waals surface area contributed by atoms with Gasteiger partial charge < -0.3 is 5.11 Å². The smallest absolute Gasteiger partial charge is 0.338 e. The van der Waals surface area contributed by atoms with E-state index in [1.54, 1.807) is 0 Å². The van der Waals surface area contributed by atoms with Gasteiger partial charge in [-0.3, -0.25) is 0 Å². The van der Waals surface area contributed by atoms with Crippen LogP contribution in [0.2, 0.25) is 25.1 Å². The van der Waals surface area contributed by atoms with E-state index in [2.05, 4.69) is 0 Å². The van der Waals surface area contributed by atoms with Crippen molar-refractivity contribution in [3.8, 4) is 11.1 Å². The largest absolute Gasteiger partial charge is 0.478 e. The summed E-state index contributed by atoms with van der Waals surface area (Å²) in [7, 11) is 0. The molecule has 0 unspecified atom stereocenters. The average molecular weight is 388 g/mol. The lowest BCUT2D eigenvalue weighted by molar-refractivity contribution is 0.0692. The quantitative estimate of drug-likeness (QED) is 0.474. The molecule has 2 aromatic rings. The molecule has 0 bridgehead atoms. The first kappa shape index (κ1) is 16.7. The number of carboxylic acid groups (broad SMARTS) is 1.